The van der Waals surface area contributed by atoms with Crippen LogP contribution in [-0.2, 0) is 9.59 Å². The Bertz CT molecular complexity index is 1150. The molecule has 0 saturated heterocycles. The molecular formula is C24H23N5O5. The van der Waals surface area contributed by atoms with E-state index in [1.807, 2.05) is 6.07 Å². The average molecular weight is 461 g/mol. The first-order valence-corrected chi connectivity index (χ1v) is 10.3. The number of carboxylic acids is 1. The van der Waals surface area contributed by atoms with E-state index in [4.69, 9.17) is 5.11 Å². The van der Waals surface area contributed by atoms with Crippen molar-refractivity contribution in [2.75, 3.05) is 17.2 Å². The van der Waals surface area contributed by atoms with Crippen molar-refractivity contribution in [2.45, 2.75) is 12.5 Å². The number of benzene rings is 2. The van der Waals surface area contributed by atoms with Crippen LogP contribution in [0, 0.1) is 0 Å². The van der Waals surface area contributed by atoms with Crippen LogP contribution in [0.15, 0.2) is 79.1 Å². The number of nitrogens with one attached hydrogen (secondary N) is 4. The van der Waals surface area contributed by atoms with Gasteiger partial charge in [0.05, 0.1) is 19.0 Å². The molecule has 10 heteroatoms. The number of urea groups is 1. The fourth-order valence-corrected chi connectivity index (χ4v) is 3.07. The fraction of sp³-hybridized carbons (Fsp3) is 0.125. The van der Waals surface area contributed by atoms with Crippen LogP contribution < -0.4 is 21.3 Å². The molecule has 3 rings (SSSR count). The quantitative estimate of drug-likeness (QED) is 0.331. The Balaban J connectivity index is 1.54. The van der Waals surface area contributed by atoms with Gasteiger partial charge in [-0.15, -0.1) is 0 Å². The minimum atomic E-state index is -1.08. The number of amides is 4. The second kappa shape index (κ2) is 11.8. The Kier molecular flexibility index (Phi) is 8.28. The maximum atomic E-state index is 12.5. The zero-order valence-electron chi connectivity index (χ0n) is 18.0. The number of carbonyl (C=O) groups is 4. The van der Waals surface area contributed by atoms with E-state index in [0.717, 1.165) is 0 Å². The zero-order valence-corrected chi connectivity index (χ0v) is 18.0. The lowest BCUT2D eigenvalue weighted by Crippen LogP contribution is -2.39. The van der Waals surface area contributed by atoms with Crippen molar-refractivity contribution in [3.05, 3.63) is 90.3 Å². The highest BCUT2D eigenvalue weighted by Gasteiger charge is 2.19. The molecule has 1 atom stereocenters. The first-order valence-electron chi connectivity index (χ1n) is 10.3. The Morgan fingerprint density at radius 1 is 0.882 bits per heavy atom. The predicted octanol–water partition coefficient (Wildman–Crippen LogP) is 2.79. The molecule has 10 nitrogen and oxygen atoms in total. The average Bonchev–Trinajstić information content (AvgIpc) is 2.83. The second-order valence-electron chi connectivity index (χ2n) is 7.21. The molecule has 2 aromatic carbocycles. The first-order chi connectivity index (χ1) is 16.4. The maximum absolute atomic E-state index is 12.5. The van der Waals surface area contributed by atoms with Gasteiger partial charge < -0.3 is 26.4 Å². The van der Waals surface area contributed by atoms with Crippen LogP contribution in [0.3, 0.4) is 0 Å². The molecule has 0 fully saturated rings. The topological polar surface area (TPSA) is 150 Å². The van der Waals surface area contributed by atoms with Crippen molar-refractivity contribution in [3.63, 3.8) is 0 Å². The first kappa shape index (κ1) is 23.9. The number of hydrogen-bond acceptors (Lipinski definition) is 5. The van der Waals surface area contributed by atoms with Crippen LogP contribution in [0.4, 0.5) is 16.2 Å². The highest BCUT2D eigenvalue weighted by Crippen LogP contribution is 2.15. The van der Waals surface area contributed by atoms with E-state index in [0.29, 0.717) is 16.9 Å². The number of rotatable bonds is 9. The summed E-state index contributed by atoms with van der Waals surface area (Å²) in [5, 5.41) is 19.5. The van der Waals surface area contributed by atoms with E-state index in [2.05, 4.69) is 26.3 Å². The van der Waals surface area contributed by atoms with E-state index in [9.17, 15) is 19.2 Å². The van der Waals surface area contributed by atoms with Crippen LogP contribution in [0.25, 0.3) is 0 Å². The minimum Gasteiger partial charge on any atom is -0.481 e. The Morgan fingerprint density at radius 3 is 2.32 bits per heavy atom. The Morgan fingerprint density at radius 2 is 1.62 bits per heavy atom. The number of pyridine rings is 1. The Hall–Kier alpha value is -4.73. The molecule has 0 saturated carbocycles. The summed E-state index contributed by atoms with van der Waals surface area (Å²) in [4.78, 5) is 52.1. The van der Waals surface area contributed by atoms with Gasteiger partial charge in [-0.2, -0.15) is 0 Å². The van der Waals surface area contributed by atoms with Crippen molar-refractivity contribution in [1.29, 1.82) is 0 Å². The van der Waals surface area contributed by atoms with Gasteiger partial charge in [-0.25, -0.2) is 4.79 Å². The summed E-state index contributed by atoms with van der Waals surface area (Å²) < 4.78 is 0. The number of carboxylic acid groups (broad SMARTS) is 1. The lowest BCUT2D eigenvalue weighted by atomic mass is 10.1. The van der Waals surface area contributed by atoms with Gasteiger partial charge in [0.1, 0.15) is 0 Å². The molecule has 0 spiro atoms. The molecule has 0 aliphatic heterocycles. The lowest BCUT2D eigenvalue weighted by molar-refractivity contribution is -0.137. The van der Waals surface area contributed by atoms with Gasteiger partial charge >= 0.3 is 12.0 Å². The summed E-state index contributed by atoms with van der Waals surface area (Å²) in [6.07, 6.45) is 2.68. The minimum absolute atomic E-state index is 0.236. The van der Waals surface area contributed by atoms with Gasteiger partial charge in [0.25, 0.3) is 5.91 Å². The van der Waals surface area contributed by atoms with E-state index >= 15 is 0 Å². The van der Waals surface area contributed by atoms with Crippen LogP contribution in [0.1, 0.15) is 28.4 Å². The number of para-hydroxylation sites is 1. The number of hydrogen-bond donors (Lipinski definition) is 5. The SMILES string of the molecule is O=C(O)CC(NC(=O)CNC(=O)c1cccc(NC(=O)Nc2ccccc2)c1)c1cccnc1. The molecule has 174 valence electrons. The summed E-state index contributed by atoms with van der Waals surface area (Å²) in [6, 6.07) is 17.2. The normalized spacial score (nSPS) is 11.1. The molecule has 4 amide bonds. The zero-order chi connectivity index (χ0) is 24.3. The lowest BCUT2D eigenvalue weighted by Gasteiger charge is -2.17. The van der Waals surface area contributed by atoms with E-state index < -0.39 is 29.9 Å². The van der Waals surface area contributed by atoms with E-state index in [-0.39, 0.29) is 18.5 Å². The number of aliphatic carboxylic acids is 1. The summed E-state index contributed by atoms with van der Waals surface area (Å²) in [5.41, 5.74) is 1.79. The third kappa shape index (κ3) is 7.45. The van der Waals surface area contributed by atoms with Gasteiger partial charge in [0, 0.05) is 29.3 Å². The monoisotopic (exact) mass is 461 g/mol. The molecule has 5 N–H and O–H groups in total. The highest BCUT2D eigenvalue weighted by atomic mass is 16.4. The smallest absolute Gasteiger partial charge is 0.323 e. The molecular weight excluding hydrogens is 438 g/mol. The van der Waals surface area contributed by atoms with Crippen molar-refractivity contribution >= 4 is 35.2 Å². The van der Waals surface area contributed by atoms with Gasteiger partial charge in [-0.1, -0.05) is 30.3 Å². The molecule has 34 heavy (non-hydrogen) atoms. The number of carbonyl (C=O) groups excluding carboxylic acids is 3. The van der Waals surface area contributed by atoms with E-state index in [1.54, 1.807) is 48.5 Å². The molecule has 1 aromatic heterocycles. The largest absolute Gasteiger partial charge is 0.481 e. The number of aromatic nitrogens is 1. The molecule has 0 radical (unpaired) electrons. The van der Waals surface area contributed by atoms with Crippen molar-refractivity contribution < 1.29 is 24.3 Å². The standard InChI is InChI=1S/C24H23N5O5/c30-21(29-20(13-22(31)32)17-7-5-11-25-14-17)15-26-23(33)16-6-4-10-19(12-16)28-24(34)27-18-8-2-1-3-9-18/h1-12,14,20H,13,15H2,(H,26,33)(H,29,30)(H,31,32)(H2,27,28,34). The van der Waals surface area contributed by atoms with Crippen LogP contribution >= 0.6 is 0 Å². The van der Waals surface area contributed by atoms with Gasteiger partial charge in [-0.3, -0.25) is 19.4 Å². The Labute approximate surface area is 195 Å². The highest BCUT2D eigenvalue weighted by molar-refractivity contribution is 6.01. The van der Waals surface area contributed by atoms with Crippen LogP contribution in [-0.4, -0.2) is 40.5 Å². The maximum Gasteiger partial charge on any atom is 0.323 e. The molecule has 0 aliphatic rings. The molecule has 1 heterocycles. The predicted molar refractivity (Wildman–Crippen MR) is 125 cm³/mol. The third-order valence-electron chi connectivity index (χ3n) is 4.62. The molecule has 0 bridgehead atoms. The summed E-state index contributed by atoms with van der Waals surface area (Å²) in [6.45, 7) is -0.360. The summed E-state index contributed by atoms with van der Waals surface area (Å²) in [7, 11) is 0. The fourth-order valence-electron chi connectivity index (χ4n) is 3.07. The van der Waals surface area contributed by atoms with Crippen LogP contribution in [0.2, 0.25) is 0 Å². The summed E-state index contributed by atoms with van der Waals surface area (Å²) >= 11 is 0. The second-order valence-corrected chi connectivity index (χ2v) is 7.21. The van der Waals surface area contributed by atoms with Gasteiger partial charge in [-0.05, 0) is 42.0 Å². The number of nitrogens with zero attached hydrogens (tertiary/aromatic N) is 1. The van der Waals surface area contributed by atoms with Crippen LogP contribution in [0.5, 0.6) is 0 Å². The summed E-state index contributed by atoms with van der Waals surface area (Å²) in [5.74, 6) is -2.17. The van der Waals surface area contributed by atoms with Gasteiger partial charge in [0.15, 0.2) is 0 Å². The van der Waals surface area contributed by atoms with E-state index in [1.165, 1.54) is 24.5 Å². The molecule has 3 aromatic rings. The molecule has 0 aliphatic carbocycles. The number of anilines is 2. The van der Waals surface area contributed by atoms with Crippen molar-refractivity contribution in [3.8, 4) is 0 Å². The third-order valence-corrected chi connectivity index (χ3v) is 4.62. The van der Waals surface area contributed by atoms with Gasteiger partial charge in [0.2, 0.25) is 5.91 Å². The molecule has 1 unspecified atom stereocenters. The van der Waals surface area contributed by atoms with Crippen molar-refractivity contribution in [1.82, 2.24) is 15.6 Å². The van der Waals surface area contributed by atoms with Crippen molar-refractivity contribution in [2.24, 2.45) is 0 Å².